The molecule has 0 unspecified atom stereocenters. The van der Waals surface area contributed by atoms with Crippen molar-refractivity contribution in [3.63, 3.8) is 0 Å². The van der Waals surface area contributed by atoms with Crippen LogP contribution in [0.4, 0.5) is 5.69 Å². The second-order valence-electron chi connectivity index (χ2n) is 6.89. The number of aliphatic carboxylic acids is 1. The number of ether oxygens (including phenoxy) is 1. The molecule has 8 nitrogen and oxygen atoms in total. The van der Waals surface area contributed by atoms with Crippen LogP contribution in [-0.4, -0.2) is 46.8 Å². The van der Waals surface area contributed by atoms with Crippen molar-refractivity contribution in [1.82, 2.24) is 4.90 Å². The molecule has 1 N–H and O–H groups in total. The first-order chi connectivity index (χ1) is 14.4. The van der Waals surface area contributed by atoms with E-state index in [9.17, 15) is 19.2 Å². The minimum atomic E-state index is -1.10. The van der Waals surface area contributed by atoms with Gasteiger partial charge in [-0.3, -0.25) is 19.2 Å². The van der Waals surface area contributed by atoms with Crippen LogP contribution in [0.5, 0.6) is 5.75 Å². The van der Waals surface area contributed by atoms with Crippen LogP contribution >= 0.6 is 0 Å². The predicted molar refractivity (Wildman–Crippen MR) is 108 cm³/mol. The predicted octanol–water partition coefficient (Wildman–Crippen LogP) is 2.22. The number of rotatable bonds is 8. The highest BCUT2D eigenvalue weighted by Gasteiger charge is 2.44. The second kappa shape index (κ2) is 9.21. The molecule has 3 amide bonds. The number of hydrogen-bond acceptors (Lipinski definition) is 5. The lowest BCUT2D eigenvalue weighted by Crippen LogP contribution is -2.45. The molecule has 156 valence electrons. The molecule has 1 atom stereocenters. The first kappa shape index (κ1) is 21.0. The molecule has 0 bridgehead atoms. The van der Waals surface area contributed by atoms with E-state index in [0.29, 0.717) is 11.4 Å². The summed E-state index contributed by atoms with van der Waals surface area (Å²) >= 11 is 0. The number of benzene rings is 2. The van der Waals surface area contributed by atoms with Crippen LogP contribution in [0.25, 0.3) is 0 Å². The van der Waals surface area contributed by atoms with E-state index in [1.807, 2.05) is 0 Å². The highest BCUT2D eigenvalue weighted by atomic mass is 16.5. The summed E-state index contributed by atoms with van der Waals surface area (Å²) in [5.41, 5.74) is 1.18. The Labute approximate surface area is 173 Å². The van der Waals surface area contributed by atoms with E-state index in [1.165, 1.54) is 12.0 Å². The number of carboxylic acids is 1. The summed E-state index contributed by atoms with van der Waals surface area (Å²) in [4.78, 5) is 51.8. The van der Waals surface area contributed by atoms with Gasteiger partial charge in [0.15, 0.2) is 0 Å². The fraction of sp³-hybridized carbons (Fsp3) is 0.273. The van der Waals surface area contributed by atoms with Gasteiger partial charge in [-0.1, -0.05) is 30.3 Å². The highest BCUT2D eigenvalue weighted by molar-refractivity contribution is 6.23. The van der Waals surface area contributed by atoms with Crippen molar-refractivity contribution in [3.05, 3.63) is 60.2 Å². The van der Waals surface area contributed by atoms with Gasteiger partial charge in [0.25, 0.3) is 5.91 Å². The molecular formula is C22H22N2O6. The number of methoxy groups -OCH3 is 1. The zero-order valence-electron chi connectivity index (χ0n) is 16.5. The van der Waals surface area contributed by atoms with Gasteiger partial charge in [0.05, 0.1) is 25.6 Å². The van der Waals surface area contributed by atoms with Crippen LogP contribution in [-0.2, 0) is 25.7 Å². The van der Waals surface area contributed by atoms with Gasteiger partial charge in [-0.25, -0.2) is 4.90 Å². The van der Waals surface area contributed by atoms with Crippen molar-refractivity contribution in [2.75, 3.05) is 12.0 Å². The Balaban J connectivity index is 1.86. The van der Waals surface area contributed by atoms with E-state index in [4.69, 9.17) is 9.84 Å². The molecule has 0 aromatic heterocycles. The fourth-order valence-electron chi connectivity index (χ4n) is 3.37. The third-order valence-corrected chi connectivity index (χ3v) is 4.90. The molecule has 0 saturated carbocycles. The molecule has 1 heterocycles. The van der Waals surface area contributed by atoms with E-state index in [0.717, 1.165) is 10.5 Å². The van der Waals surface area contributed by atoms with Crippen molar-refractivity contribution >= 4 is 29.4 Å². The summed E-state index contributed by atoms with van der Waals surface area (Å²) in [7, 11) is 1.54. The lowest BCUT2D eigenvalue weighted by molar-refractivity contribution is -0.143. The standard InChI is InChI=1S/C22H22N2O6/c1-30-17-9-7-15(8-10-17)14-23(19(25)11-12-21(27)28)18-13-20(26)24(22(18)29)16-5-3-2-4-6-16/h2-10,18H,11-14H2,1H3,(H,27,28)/t18-/m0/s1. The number of carbonyl (C=O) groups is 4. The number of carboxylic acid groups (broad SMARTS) is 1. The van der Waals surface area contributed by atoms with Gasteiger partial charge in [-0.2, -0.15) is 0 Å². The Kier molecular flexibility index (Phi) is 6.46. The normalized spacial score (nSPS) is 15.9. The van der Waals surface area contributed by atoms with Crippen molar-refractivity contribution in [2.24, 2.45) is 0 Å². The average molecular weight is 410 g/mol. The van der Waals surface area contributed by atoms with E-state index in [2.05, 4.69) is 0 Å². The third kappa shape index (κ3) is 4.65. The largest absolute Gasteiger partial charge is 0.497 e. The first-order valence-corrected chi connectivity index (χ1v) is 9.46. The summed E-state index contributed by atoms with van der Waals surface area (Å²) in [5, 5.41) is 8.93. The van der Waals surface area contributed by atoms with Crippen LogP contribution in [0.3, 0.4) is 0 Å². The Morgan fingerprint density at radius 1 is 1.07 bits per heavy atom. The monoisotopic (exact) mass is 410 g/mol. The number of carbonyl (C=O) groups excluding carboxylic acids is 3. The Hall–Kier alpha value is -3.68. The molecule has 1 fully saturated rings. The topological polar surface area (TPSA) is 104 Å². The number of amides is 3. The summed E-state index contributed by atoms with van der Waals surface area (Å²) < 4.78 is 5.13. The molecule has 0 radical (unpaired) electrons. The van der Waals surface area contributed by atoms with Gasteiger partial charge in [0, 0.05) is 13.0 Å². The summed E-state index contributed by atoms with van der Waals surface area (Å²) in [6, 6.07) is 14.5. The highest BCUT2D eigenvalue weighted by Crippen LogP contribution is 2.27. The Morgan fingerprint density at radius 3 is 2.33 bits per heavy atom. The van der Waals surface area contributed by atoms with Crippen molar-refractivity contribution in [1.29, 1.82) is 0 Å². The molecule has 30 heavy (non-hydrogen) atoms. The first-order valence-electron chi connectivity index (χ1n) is 9.46. The van der Waals surface area contributed by atoms with Crippen molar-refractivity contribution in [3.8, 4) is 5.75 Å². The number of hydrogen-bond donors (Lipinski definition) is 1. The quantitative estimate of drug-likeness (QED) is 0.669. The molecule has 0 spiro atoms. The van der Waals surface area contributed by atoms with Crippen LogP contribution in [0.15, 0.2) is 54.6 Å². The van der Waals surface area contributed by atoms with Crippen LogP contribution in [0, 0.1) is 0 Å². The molecular weight excluding hydrogens is 388 g/mol. The smallest absolute Gasteiger partial charge is 0.303 e. The van der Waals surface area contributed by atoms with E-state index in [1.54, 1.807) is 54.6 Å². The SMILES string of the molecule is COc1ccc(CN(C(=O)CCC(=O)O)[C@H]2CC(=O)N(c3ccccc3)C2=O)cc1. The Bertz CT molecular complexity index is 942. The van der Waals surface area contributed by atoms with Gasteiger partial charge in [-0.05, 0) is 29.8 Å². The minimum absolute atomic E-state index is 0.0781. The lowest BCUT2D eigenvalue weighted by Gasteiger charge is -2.28. The van der Waals surface area contributed by atoms with Crippen molar-refractivity contribution in [2.45, 2.75) is 31.8 Å². The zero-order valence-corrected chi connectivity index (χ0v) is 16.5. The fourth-order valence-corrected chi connectivity index (χ4v) is 3.37. The van der Waals surface area contributed by atoms with Crippen molar-refractivity contribution < 1.29 is 29.0 Å². The van der Waals surface area contributed by atoms with E-state index in [-0.39, 0.29) is 25.8 Å². The zero-order chi connectivity index (χ0) is 21.7. The van der Waals surface area contributed by atoms with E-state index >= 15 is 0 Å². The maximum atomic E-state index is 13.1. The molecule has 0 aliphatic carbocycles. The number of para-hydroxylation sites is 1. The molecule has 8 heteroatoms. The van der Waals surface area contributed by atoms with Gasteiger partial charge in [0.1, 0.15) is 11.8 Å². The molecule has 1 aliphatic rings. The molecule has 2 aromatic rings. The summed E-state index contributed by atoms with van der Waals surface area (Å²) in [5.74, 6) is -1.85. The minimum Gasteiger partial charge on any atom is -0.497 e. The molecule has 1 saturated heterocycles. The number of nitrogens with zero attached hydrogens (tertiary/aromatic N) is 2. The molecule has 3 rings (SSSR count). The third-order valence-electron chi connectivity index (χ3n) is 4.90. The van der Waals surface area contributed by atoms with Gasteiger partial charge in [-0.15, -0.1) is 0 Å². The van der Waals surface area contributed by atoms with Gasteiger partial charge < -0.3 is 14.7 Å². The molecule has 2 aromatic carbocycles. The van der Waals surface area contributed by atoms with E-state index < -0.39 is 29.7 Å². The molecule has 1 aliphatic heterocycles. The number of imide groups is 1. The summed E-state index contributed by atoms with van der Waals surface area (Å²) in [6.45, 7) is 0.0781. The lowest BCUT2D eigenvalue weighted by atomic mass is 10.1. The maximum absolute atomic E-state index is 13.1. The van der Waals surface area contributed by atoms with Gasteiger partial charge in [0.2, 0.25) is 11.8 Å². The van der Waals surface area contributed by atoms with Crippen LogP contribution < -0.4 is 9.64 Å². The maximum Gasteiger partial charge on any atom is 0.303 e. The second-order valence-corrected chi connectivity index (χ2v) is 6.89. The van der Waals surface area contributed by atoms with Gasteiger partial charge >= 0.3 is 5.97 Å². The van der Waals surface area contributed by atoms with Crippen LogP contribution in [0.1, 0.15) is 24.8 Å². The number of anilines is 1. The average Bonchev–Trinajstić information content (AvgIpc) is 3.05. The summed E-state index contributed by atoms with van der Waals surface area (Å²) in [6.07, 6.45) is -0.757. The Morgan fingerprint density at radius 2 is 1.73 bits per heavy atom. The van der Waals surface area contributed by atoms with Crippen LogP contribution in [0.2, 0.25) is 0 Å².